The molecule has 1 N–H and O–H groups in total. The van der Waals surface area contributed by atoms with E-state index in [-0.39, 0.29) is 18.4 Å². The molecule has 0 fully saturated rings. The predicted octanol–water partition coefficient (Wildman–Crippen LogP) is 2.70. The molecule has 96 valence electrons. The Morgan fingerprint density at radius 1 is 1.29 bits per heavy atom. The van der Waals surface area contributed by atoms with E-state index in [0.29, 0.717) is 13.2 Å². The summed E-state index contributed by atoms with van der Waals surface area (Å²) in [5.74, 6) is -0.113. The van der Waals surface area contributed by atoms with Crippen molar-refractivity contribution >= 4 is 0 Å². The fourth-order valence-electron chi connectivity index (χ4n) is 1.37. The van der Waals surface area contributed by atoms with E-state index in [9.17, 15) is 4.39 Å². The van der Waals surface area contributed by atoms with Crippen LogP contribution >= 0.6 is 0 Å². The highest BCUT2D eigenvalue weighted by atomic mass is 19.1. The van der Waals surface area contributed by atoms with Gasteiger partial charge >= 0.3 is 0 Å². The van der Waals surface area contributed by atoms with Gasteiger partial charge in [0.2, 0.25) is 0 Å². The fraction of sp³-hybridized carbons (Fsp3) is 0.538. The van der Waals surface area contributed by atoms with Crippen LogP contribution in [0.2, 0.25) is 0 Å². The normalized spacial score (nSPS) is 10.5. The van der Waals surface area contributed by atoms with Gasteiger partial charge in [-0.2, -0.15) is 0 Å². The van der Waals surface area contributed by atoms with Crippen LogP contribution in [0.5, 0.6) is 5.75 Å². The third-order valence-corrected chi connectivity index (χ3v) is 2.25. The van der Waals surface area contributed by atoms with Crippen LogP contribution in [0.3, 0.4) is 0 Å². The smallest absolute Gasteiger partial charge is 0.189 e. The maximum absolute atomic E-state index is 13.6. The van der Waals surface area contributed by atoms with Crippen LogP contribution < -0.4 is 10.1 Å². The zero-order valence-corrected chi connectivity index (χ0v) is 10.5. The average molecular weight is 241 g/mol. The maximum atomic E-state index is 13.6. The van der Waals surface area contributed by atoms with E-state index >= 15 is 0 Å². The second-order valence-electron chi connectivity index (χ2n) is 3.70. The Morgan fingerprint density at radius 3 is 2.76 bits per heavy atom. The zero-order chi connectivity index (χ0) is 12.5. The van der Waals surface area contributed by atoms with Gasteiger partial charge in [-0.25, -0.2) is 4.39 Å². The van der Waals surface area contributed by atoms with E-state index in [1.54, 1.807) is 6.07 Å². The Morgan fingerprint density at radius 2 is 2.12 bits per heavy atom. The lowest BCUT2D eigenvalue weighted by Crippen LogP contribution is -2.14. The molecule has 0 aliphatic heterocycles. The number of hydrogen-bond donors (Lipinski definition) is 1. The van der Waals surface area contributed by atoms with Crippen LogP contribution in [0.25, 0.3) is 0 Å². The summed E-state index contributed by atoms with van der Waals surface area (Å²) >= 11 is 0. The van der Waals surface area contributed by atoms with Crippen molar-refractivity contribution in [2.75, 3.05) is 19.9 Å². The van der Waals surface area contributed by atoms with Crippen molar-refractivity contribution < 1.29 is 13.9 Å². The molecule has 0 amide bonds. The predicted molar refractivity (Wildman–Crippen MR) is 65.5 cm³/mol. The van der Waals surface area contributed by atoms with Gasteiger partial charge in [-0.15, -0.1) is 0 Å². The topological polar surface area (TPSA) is 30.5 Å². The molecule has 3 nitrogen and oxygen atoms in total. The molecule has 1 aromatic rings. The van der Waals surface area contributed by atoms with Crippen molar-refractivity contribution in [2.24, 2.45) is 0 Å². The Kier molecular flexibility index (Phi) is 6.58. The number of ether oxygens (including phenoxy) is 2. The van der Waals surface area contributed by atoms with Crippen molar-refractivity contribution in [3.05, 3.63) is 29.6 Å². The summed E-state index contributed by atoms with van der Waals surface area (Å²) in [5.41, 5.74) is 0.916. The van der Waals surface area contributed by atoms with E-state index in [2.05, 4.69) is 12.2 Å². The third kappa shape index (κ3) is 5.15. The summed E-state index contributed by atoms with van der Waals surface area (Å²) in [6.07, 6.45) is 1.07. The van der Waals surface area contributed by atoms with Gasteiger partial charge in [-0.3, -0.25) is 0 Å². The summed E-state index contributed by atoms with van der Waals surface area (Å²) in [4.78, 5) is 0. The molecule has 0 bridgehead atoms. The Hall–Kier alpha value is -1.13. The zero-order valence-electron chi connectivity index (χ0n) is 10.5. The van der Waals surface area contributed by atoms with Crippen LogP contribution in [0.4, 0.5) is 4.39 Å². The highest BCUT2D eigenvalue weighted by Gasteiger charge is 2.04. The van der Waals surface area contributed by atoms with Crippen molar-refractivity contribution in [3.63, 3.8) is 0 Å². The number of hydrogen-bond acceptors (Lipinski definition) is 3. The minimum Gasteiger partial charge on any atom is -0.464 e. The van der Waals surface area contributed by atoms with Crippen LogP contribution in [0.15, 0.2) is 18.2 Å². The highest BCUT2D eigenvalue weighted by Crippen LogP contribution is 2.18. The van der Waals surface area contributed by atoms with Crippen molar-refractivity contribution in [3.8, 4) is 5.75 Å². The summed E-state index contributed by atoms with van der Waals surface area (Å²) in [7, 11) is 0. The first-order valence-corrected chi connectivity index (χ1v) is 5.97. The molecule has 0 unspecified atom stereocenters. The largest absolute Gasteiger partial charge is 0.464 e. The molecule has 0 atom stereocenters. The first-order valence-electron chi connectivity index (χ1n) is 5.97. The molecule has 4 heteroatoms. The standard InChI is InChI=1S/C13H20FNO2/c1-3-7-15-9-11-5-6-13(12(14)8-11)17-10-16-4-2/h5-6,8,15H,3-4,7,9-10H2,1-2H3. The Labute approximate surface area is 102 Å². The molecular weight excluding hydrogens is 221 g/mol. The molecule has 1 aromatic carbocycles. The molecule has 0 saturated carbocycles. The second kappa shape index (κ2) is 8.03. The molecule has 0 saturated heterocycles. The lowest BCUT2D eigenvalue weighted by molar-refractivity contribution is 0.0201. The van der Waals surface area contributed by atoms with Crippen LogP contribution in [-0.4, -0.2) is 19.9 Å². The molecule has 0 aliphatic carbocycles. The molecule has 1 rings (SSSR count). The molecule has 0 spiro atoms. The Bertz CT molecular complexity index is 331. The van der Waals surface area contributed by atoms with Crippen molar-refractivity contribution in [2.45, 2.75) is 26.8 Å². The summed E-state index contributed by atoms with van der Waals surface area (Å²) in [6, 6.07) is 4.98. The van der Waals surface area contributed by atoms with E-state index in [1.165, 1.54) is 6.07 Å². The monoisotopic (exact) mass is 241 g/mol. The number of nitrogens with one attached hydrogen (secondary N) is 1. The SMILES string of the molecule is CCCNCc1ccc(OCOCC)c(F)c1. The van der Waals surface area contributed by atoms with E-state index in [0.717, 1.165) is 18.5 Å². The summed E-state index contributed by atoms with van der Waals surface area (Å²) in [6.45, 7) is 6.21. The molecule has 0 aliphatic rings. The van der Waals surface area contributed by atoms with Gasteiger partial charge in [-0.1, -0.05) is 13.0 Å². The van der Waals surface area contributed by atoms with E-state index in [4.69, 9.17) is 9.47 Å². The summed E-state index contributed by atoms with van der Waals surface area (Å²) in [5, 5.41) is 3.22. The summed E-state index contributed by atoms with van der Waals surface area (Å²) < 4.78 is 23.7. The van der Waals surface area contributed by atoms with Crippen LogP contribution in [0.1, 0.15) is 25.8 Å². The van der Waals surface area contributed by atoms with Gasteiger partial charge < -0.3 is 14.8 Å². The quantitative estimate of drug-likeness (QED) is 0.560. The van der Waals surface area contributed by atoms with E-state index < -0.39 is 0 Å². The van der Waals surface area contributed by atoms with Gasteiger partial charge in [-0.05, 0) is 37.6 Å². The molecular formula is C13H20FNO2. The van der Waals surface area contributed by atoms with Gasteiger partial charge in [0.25, 0.3) is 0 Å². The number of rotatable bonds is 8. The van der Waals surface area contributed by atoms with Gasteiger partial charge in [0.15, 0.2) is 18.4 Å². The maximum Gasteiger partial charge on any atom is 0.189 e. The minimum atomic E-state index is -0.347. The average Bonchev–Trinajstić information content (AvgIpc) is 2.32. The lowest BCUT2D eigenvalue weighted by atomic mass is 10.2. The van der Waals surface area contributed by atoms with E-state index in [1.807, 2.05) is 13.0 Å². The molecule has 0 aromatic heterocycles. The fourth-order valence-corrected chi connectivity index (χ4v) is 1.37. The second-order valence-corrected chi connectivity index (χ2v) is 3.70. The van der Waals surface area contributed by atoms with Crippen LogP contribution in [-0.2, 0) is 11.3 Å². The lowest BCUT2D eigenvalue weighted by Gasteiger charge is -2.09. The number of benzene rings is 1. The van der Waals surface area contributed by atoms with Crippen molar-refractivity contribution in [1.82, 2.24) is 5.32 Å². The molecule has 0 radical (unpaired) electrons. The number of halogens is 1. The van der Waals surface area contributed by atoms with Gasteiger partial charge in [0, 0.05) is 13.2 Å². The Balaban J connectivity index is 2.47. The minimum absolute atomic E-state index is 0.0842. The van der Waals surface area contributed by atoms with Gasteiger partial charge in [0.05, 0.1) is 0 Å². The molecule has 17 heavy (non-hydrogen) atoms. The molecule has 0 heterocycles. The van der Waals surface area contributed by atoms with Crippen LogP contribution in [0, 0.1) is 5.82 Å². The van der Waals surface area contributed by atoms with Crippen molar-refractivity contribution in [1.29, 1.82) is 0 Å². The highest BCUT2D eigenvalue weighted by molar-refractivity contribution is 5.29. The van der Waals surface area contributed by atoms with Gasteiger partial charge in [0.1, 0.15) is 0 Å². The first-order chi connectivity index (χ1) is 8.27. The third-order valence-electron chi connectivity index (χ3n) is 2.25. The first kappa shape index (κ1) is 13.9.